The maximum absolute atomic E-state index is 10.5. The Labute approximate surface area is 100 Å². The van der Waals surface area contributed by atoms with Gasteiger partial charge in [-0.1, -0.05) is 0 Å². The van der Waals surface area contributed by atoms with Gasteiger partial charge in [-0.3, -0.25) is 9.78 Å². The van der Waals surface area contributed by atoms with Crippen molar-refractivity contribution in [3.8, 4) is 5.75 Å². The maximum Gasteiger partial charge on any atom is 0.309 e. The number of carbonyl (C=O) groups is 1. The van der Waals surface area contributed by atoms with Crippen LogP contribution in [0.2, 0.25) is 0 Å². The van der Waals surface area contributed by atoms with Gasteiger partial charge in [0.2, 0.25) is 0 Å². The minimum Gasteiger partial charge on any atom is -0.490 e. The van der Waals surface area contributed by atoms with Crippen LogP contribution < -0.4 is 4.74 Å². The monoisotopic (exact) mass is 243 g/mol. The molecule has 0 saturated heterocycles. The van der Waals surface area contributed by atoms with E-state index in [1.165, 1.54) is 6.42 Å². The SMILES string of the molecule is Cl.O=C(O)Cc1cc(OC2CCC2)ccn1. The first-order chi connectivity index (χ1) is 7.24. The fourth-order valence-corrected chi connectivity index (χ4v) is 1.46. The van der Waals surface area contributed by atoms with Crippen molar-refractivity contribution in [1.29, 1.82) is 0 Å². The highest BCUT2D eigenvalue weighted by Gasteiger charge is 2.19. The minimum atomic E-state index is -0.872. The molecule has 88 valence electrons. The summed E-state index contributed by atoms with van der Waals surface area (Å²) in [6, 6.07) is 3.47. The Hall–Kier alpha value is -1.29. The molecule has 1 heterocycles. The van der Waals surface area contributed by atoms with E-state index >= 15 is 0 Å². The van der Waals surface area contributed by atoms with Crippen molar-refractivity contribution >= 4 is 18.4 Å². The van der Waals surface area contributed by atoms with Crippen LogP contribution in [0.1, 0.15) is 25.0 Å². The molecular weight excluding hydrogens is 230 g/mol. The zero-order valence-corrected chi connectivity index (χ0v) is 9.57. The molecule has 0 bridgehead atoms. The molecule has 1 saturated carbocycles. The molecule has 0 amide bonds. The third-order valence-corrected chi connectivity index (χ3v) is 2.48. The van der Waals surface area contributed by atoms with E-state index in [1.54, 1.807) is 18.3 Å². The maximum atomic E-state index is 10.5. The lowest BCUT2D eigenvalue weighted by Crippen LogP contribution is -2.24. The Morgan fingerprint density at radius 3 is 2.88 bits per heavy atom. The average molecular weight is 244 g/mol. The second-order valence-corrected chi connectivity index (χ2v) is 3.72. The zero-order chi connectivity index (χ0) is 10.7. The Balaban J connectivity index is 0.00000128. The second kappa shape index (κ2) is 5.70. The molecule has 4 nitrogen and oxygen atoms in total. The van der Waals surface area contributed by atoms with Gasteiger partial charge in [-0.25, -0.2) is 0 Å². The molecule has 0 spiro atoms. The highest BCUT2D eigenvalue weighted by molar-refractivity contribution is 5.85. The van der Waals surface area contributed by atoms with E-state index in [4.69, 9.17) is 9.84 Å². The fraction of sp³-hybridized carbons (Fsp3) is 0.455. The topological polar surface area (TPSA) is 59.4 Å². The zero-order valence-electron chi connectivity index (χ0n) is 8.76. The van der Waals surface area contributed by atoms with Crippen LogP contribution in [0.5, 0.6) is 5.75 Å². The molecule has 1 aliphatic carbocycles. The number of halogens is 1. The molecule has 16 heavy (non-hydrogen) atoms. The predicted molar refractivity (Wildman–Crippen MR) is 61.1 cm³/mol. The quantitative estimate of drug-likeness (QED) is 0.880. The minimum absolute atomic E-state index is 0. The van der Waals surface area contributed by atoms with Crippen LogP contribution in [0.4, 0.5) is 0 Å². The van der Waals surface area contributed by atoms with Crippen molar-refractivity contribution in [2.75, 3.05) is 0 Å². The average Bonchev–Trinajstić information content (AvgIpc) is 2.11. The molecule has 5 heteroatoms. The van der Waals surface area contributed by atoms with Crippen LogP contribution in [0.25, 0.3) is 0 Å². The van der Waals surface area contributed by atoms with E-state index in [0.717, 1.165) is 18.6 Å². The van der Waals surface area contributed by atoms with Gasteiger partial charge in [0, 0.05) is 12.3 Å². The summed E-state index contributed by atoms with van der Waals surface area (Å²) < 4.78 is 5.64. The van der Waals surface area contributed by atoms with E-state index in [1.807, 2.05) is 0 Å². The number of hydrogen-bond acceptors (Lipinski definition) is 3. The van der Waals surface area contributed by atoms with E-state index in [2.05, 4.69) is 4.98 Å². The van der Waals surface area contributed by atoms with Gasteiger partial charge >= 0.3 is 5.97 Å². The van der Waals surface area contributed by atoms with Crippen molar-refractivity contribution in [2.24, 2.45) is 0 Å². The number of aromatic nitrogens is 1. The Morgan fingerprint density at radius 2 is 2.31 bits per heavy atom. The lowest BCUT2D eigenvalue weighted by atomic mass is 9.96. The number of hydrogen-bond donors (Lipinski definition) is 1. The lowest BCUT2D eigenvalue weighted by Gasteiger charge is -2.26. The van der Waals surface area contributed by atoms with Gasteiger partial charge in [0.1, 0.15) is 5.75 Å². The molecule has 1 aliphatic rings. The van der Waals surface area contributed by atoms with Crippen molar-refractivity contribution in [3.63, 3.8) is 0 Å². The first-order valence-corrected chi connectivity index (χ1v) is 5.07. The van der Waals surface area contributed by atoms with Crippen molar-refractivity contribution in [2.45, 2.75) is 31.8 Å². The summed E-state index contributed by atoms with van der Waals surface area (Å²) in [5.41, 5.74) is 0.541. The highest BCUT2D eigenvalue weighted by Crippen LogP contribution is 2.25. The Bertz CT molecular complexity index is 366. The van der Waals surface area contributed by atoms with Crippen LogP contribution in [0.15, 0.2) is 18.3 Å². The summed E-state index contributed by atoms with van der Waals surface area (Å²) in [6.07, 6.45) is 5.25. The molecule has 1 aromatic heterocycles. The van der Waals surface area contributed by atoms with E-state index in [9.17, 15) is 4.79 Å². The van der Waals surface area contributed by atoms with Gasteiger partial charge < -0.3 is 9.84 Å². The standard InChI is InChI=1S/C11H13NO3.ClH/c13-11(14)7-8-6-10(4-5-12-8)15-9-2-1-3-9;/h4-6,9H,1-3,7H2,(H,13,14);1H. The van der Waals surface area contributed by atoms with Crippen molar-refractivity contribution < 1.29 is 14.6 Å². The van der Waals surface area contributed by atoms with Gasteiger partial charge in [-0.2, -0.15) is 0 Å². The number of aliphatic carboxylic acids is 1. The molecule has 0 atom stereocenters. The molecule has 1 aromatic rings. The van der Waals surface area contributed by atoms with Crippen LogP contribution in [-0.2, 0) is 11.2 Å². The van der Waals surface area contributed by atoms with Crippen LogP contribution in [0, 0.1) is 0 Å². The summed E-state index contributed by atoms with van der Waals surface area (Å²) >= 11 is 0. The normalized spacial score (nSPS) is 14.8. The number of nitrogens with zero attached hydrogens (tertiary/aromatic N) is 1. The first kappa shape index (κ1) is 12.8. The van der Waals surface area contributed by atoms with Gasteiger partial charge in [0.25, 0.3) is 0 Å². The van der Waals surface area contributed by atoms with Crippen LogP contribution in [0.3, 0.4) is 0 Å². The molecule has 0 unspecified atom stereocenters. The van der Waals surface area contributed by atoms with Gasteiger partial charge in [-0.05, 0) is 25.3 Å². The summed E-state index contributed by atoms with van der Waals surface area (Å²) in [5, 5.41) is 8.62. The van der Waals surface area contributed by atoms with Crippen molar-refractivity contribution in [1.82, 2.24) is 4.98 Å². The van der Waals surface area contributed by atoms with Gasteiger partial charge in [-0.15, -0.1) is 12.4 Å². The molecule has 2 rings (SSSR count). The van der Waals surface area contributed by atoms with Gasteiger partial charge in [0.05, 0.1) is 18.2 Å². The molecular formula is C11H14ClNO3. The number of rotatable bonds is 4. The number of carboxylic acid groups (broad SMARTS) is 1. The number of ether oxygens (including phenoxy) is 1. The second-order valence-electron chi connectivity index (χ2n) is 3.72. The third-order valence-electron chi connectivity index (χ3n) is 2.48. The van der Waals surface area contributed by atoms with E-state index in [0.29, 0.717) is 11.8 Å². The molecule has 1 fully saturated rings. The fourth-order valence-electron chi connectivity index (χ4n) is 1.46. The molecule has 0 aromatic carbocycles. The lowest BCUT2D eigenvalue weighted by molar-refractivity contribution is -0.136. The van der Waals surface area contributed by atoms with E-state index < -0.39 is 5.97 Å². The summed E-state index contributed by atoms with van der Waals surface area (Å²) in [4.78, 5) is 14.5. The Kier molecular flexibility index (Phi) is 4.55. The molecule has 1 N–H and O–H groups in total. The van der Waals surface area contributed by atoms with Crippen LogP contribution in [-0.4, -0.2) is 22.2 Å². The predicted octanol–water partition coefficient (Wildman–Crippen LogP) is 2.06. The smallest absolute Gasteiger partial charge is 0.309 e. The van der Waals surface area contributed by atoms with Crippen LogP contribution >= 0.6 is 12.4 Å². The number of pyridine rings is 1. The third kappa shape index (κ3) is 3.38. The molecule has 0 radical (unpaired) electrons. The van der Waals surface area contributed by atoms with Crippen molar-refractivity contribution in [3.05, 3.63) is 24.0 Å². The summed E-state index contributed by atoms with van der Waals surface area (Å²) in [5.74, 6) is -0.144. The summed E-state index contributed by atoms with van der Waals surface area (Å²) in [7, 11) is 0. The van der Waals surface area contributed by atoms with E-state index in [-0.39, 0.29) is 18.8 Å². The molecule has 0 aliphatic heterocycles. The number of carboxylic acids is 1. The van der Waals surface area contributed by atoms with Gasteiger partial charge in [0.15, 0.2) is 0 Å². The largest absolute Gasteiger partial charge is 0.490 e. The Morgan fingerprint density at radius 1 is 1.56 bits per heavy atom. The first-order valence-electron chi connectivity index (χ1n) is 5.07. The summed E-state index contributed by atoms with van der Waals surface area (Å²) in [6.45, 7) is 0. The highest BCUT2D eigenvalue weighted by atomic mass is 35.5.